The molecule has 3 rings (SSSR count). The van der Waals surface area contributed by atoms with Gasteiger partial charge in [-0.25, -0.2) is 8.42 Å². The van der Waals surface area contributed by atoms with Crippen molar-refractivity contribution in [3.63, 3.8) is 0 Å². The standard InChI is InChI=1S/C18H25N5O2S.HI/c1-19-18(20-9-11-26(24,25)17-6-4-3-5-7-17)23-10-8-15(14-23)16-12-21-22(2)13-16;/h3-7,12-13,15H,8-11,14H2,1-2H3,(H,19,20);1H. The molecule has 0 spiro atoms. The van der Waals surface area contributed by atoms with Gasteiger partial charge in [-0.2, -0.15) is 5.10 Å². The molecule has 1 saturated heterocycles. The van der Waals surface area contributed by atoms with E-state index < -0.39 is 9.84 Å². The number of rotatable bonds is 5. The van der Waals surface area contributed by atoms with Crippen LogP contribution in [0.2, 0.25) is 0 Å². The van der Waals surface area contributed by atoms with Crippen molar-refractivity contribution in [1.82, 2.24) is 20.0 Å². The molecule has 0 saturated carbocycles. The molecule has 0 amide bonds. The van der Waals surface area contributed by atoms with E-state index in [1.807, 2.05) is 24.0 Å². The van der Waals surface area contributed by atoms with Crippen molar-refractivity contribution < 1.29 is 8.42 Å². The molecule has 1 aromatic carbocycles. The van der Waals surface area contributed by atoms with E-state index in [0.717, 1.165) is 25.5 Å². The third kappa shape index (κ3) is 5.44. The molecular formula is C18H26IN5O2S. The number of sulfone groups is 1. The van der Waals surface area contributed by atoms with E-state index in [1.165, 1.54) is 5.56 Å². The minimum Gasteiger partial charge on any atom is -0.355 e. The summed E-state index contributed by atoms with van der Waals surface area (Å²) in [6.45, 7) is 2.08. The predicted octanol–water partition coefficient (Wildman–Crippen LogP) is 1.88. The number of benzene rings is 1. The Balaban J connectivity index is 0.00000261. The first kappa shape index (κ1) is 21.7. The van der Waals surface area contributed by atoms with E-state index >= 15 is 0 Å². The molecule has 1 atom stereocenters. The highest BCUT2D eigenvalue weighted by Crippen LogP contribution is 2.26. The van der Waals surface area contributed by atoms with E-state index in [0.29, 0.717) is 17.4 Å². The van der Waals surface area contributed by atoms with Crippen LogP contribution in [0, 0.1) is 0 Å². The number of nitrogens with zero attached hydrogens (tertiary/aromatic N) is 4. The Labute approximate surface area is 177 Å². The number of aromatic nitrogens is 2. The fourth-order valence-corrected chi connectivity index (χ4v) is 4.43. The van der Waals surface area contributed by atoms with Crippen molar-refractivity contribution in [3.8, 4) is 0 Å². The maximum Gasteiger partial charge on any atom is 0.193 e. The monoisotopic (exact) mass is 503 g/mol. The van der Waals surface area contributed by atoms with Crippen LogP contribution in [-0.4, -0.2) is 61.5 Å². The first-order valence-corrected chi connectivity index (χ1v) is 10.4. The second kappa shape index (κ2) is 9.54. The largest absolute Gasteiger partial charge is 0.355 e. The van der Waals surface area contributed by atoms with Crippen LogP contribution in [-0.2, 0) is 16.9 Å². The number of likely N-dealkylation sites (tertiary alicyclic amines) is 1. The molecule has 9 heteroatoms. The summed E-state index contributed by atoms with van der Waals surface area (Å²) in [5.74, 6) is 1.21. The maximum absolute atomic E-state index is 12.4. The van der Waals surface area contributed by atoms with Gasteiger partial charge in [-0.1, -0.05) is 18.2 Å². The molecule has 0 radical (unpaired) electrons. The molecule has 148 valence electrons. The SMILES string of the molecule is CN=C(NCCS(=O)(=O)c1ccccc1)N1CCC(c2cnn(C)c2)C1.I. The smallest absolute Gasteiger partial charge is 0.193 e. The van der Waals surface area contributed by atoms with E-state index in [-0.39, 0.29) is 29.7 Å². The zero-order valence-corrected chi connectivity index (χ0v) is 18.7. The highest BCUT2D eigenvalue weighted by Gasteiger charge is 2.27. The van der Waals surface area contributed by atoms with Gasteiger partial charge in [0.05, 0.1) is 16.8 Å². The average molecular weight is 503 g/mol. The molecule has 0 bridgehead atoms. The summed E-state index contributed by atoms with van der Waals surface area (Å²) in [5, 5.41) is 7.43. The molecule has 27 heavy (non-hydrogen) atoms. The lowest BCUT2D eigenvalue weighted by Gasteiger charge is -2.21. The van der Waals surface area contributed by atoms with E-state index in [4.69, 9.17) is 0 Å². The van der Waals surface area contributed by atoms with Gasteiger partial charge < -0.3 is 10.2 Å². The Kier molecular flexibility index (Phi) is 7.66. The Bertz CT molecular complexity index is 867. The predicted molar refractivity (Wildman–Crippen MR) is 117 cm³/mol. The second-order valence-electron chi connectivity index (χ2n) is 6.48. The van der Waals surface area contributed by atoms with Gasteiger partial charge in [0.1, 0.15) is 0 Å². The van der Waals surface area contributed by atoms with E-state index in [1.54, 1.807) is 31.3 Å². The molecule has 7 nitrogen and oxygen atoms in total. The maximum atomic E-state index is 12.4. The van der Waals surface area contributed by atoms with Crippen LogP contribution in [0.15, 0.2) is 52.6 Å². The van der Waals surface area contributed by atoms with Crippen molar-refractivity contribution >= 4 is 39.8 Å². The molecule has 2 aromatic rings. The Morgan fingerprint density at radius 2 is 2.07 bits per heavy atom. The highest BCUT2D eigenvalue weighted by atomic mass is 127. The molecule has 1 fully saturated rings. The quantitative estimate of drug-likeness (QED) is 0.383. The van der Waals surface area contributed by atoms with E-state index in [2.05, 4.69) is 26.5 Å². The van der Waals surface area contributed by atoms with Crippen molar-refractivity contribution in [1.29, 1.82) is 0 Å². The minimum absolute atomic E-state index is 0. The Morgan fingerprint density at radius 1 is 1.33 bits per heavy atom. The summed E-state index contributed by atoms with van der Waals surface area (Å²) in [5.41, 5.74) is 1.23. The molecule has 1 N–H and O–H groups in total. The first-order valence-electron chi connectivity index (χ1n) is 8.71. The van der Waals surface area contributed by atoms with Gasteiger partial charge in [0.15, 0.2) is 15.8 Å². The lowest BCUT2D eigenvalue weighted by Crippen LogP contribution is -2.41. The number of aliphatic imine (C=N–C) groups is 1. The normalized spacial score (nSPS) is 17.6. The molecule has 1 aromatic heterocycles. The number of hydrogen-bond acceptors (Lipinski definition) is 4. The van der Waals surface area contributed by atoms with Crippen LogP contribution in [0.1, 0.15) is 17.9 Å². The van der Waals surface area contributed by atoms with Crippen LogP contribution in [0.25, 0.3) is 0 Å². The fraction of sp³-hybridized carbons (Fsp3) is 0.444. The average Bonchev–Trinajstić information content (AvgIpc) is 3.28. The fourth-order valence-electron chi connectivity index (χ4n) is 3.25. The van der Waals surface area contributed by atoms with Gasteiger partial charge in [0.25, 0.3) is 0 Å². The number of nitrogens with one attached hydrogen (secondary N) is 1. The minimum atomic E-state index is -3.29. The van der Waals surface area contributed by atoms with Crippen LogP contribution < -0.4 is 5.32 Å². The highest BCUT2D eigenvalue weighted by molar-refractivity contribution is 14.0. The molecule has 1 unspecified atom stereocenters. The van der Waals surface area contributed by atoms with Gasteiger partial charge in [-0.15, -0.1) is 24.0 Å². The topological polar surface area (TPSA) is 79.6 Å². The van der Waals surface area contributed by atoms with Crippen molar-refractivity contribution in [3.05, 3.63) is 48.3 Å². The van der Waals surface area contributed by atoms with Crippen molar-refractivity contribution in [2.24, 2.45) is 12.0 Å². The number of halogens is 1. The zero-order valence-electron chi connectivity index (χ0n) is 15.6. The van der Waals surface area contributed by atoms with Gasteiger partial charge >= 0.3 is 0 Å². The molecular weight excluding hydrogens is 477 g/mol. The molecule has 0 aliphatic carbocycles. The van der Waals surface area contributed by atoms with Crippen molar-refractivity contribution in [2.75, 3.05) is 32.4 Å². The van der Waals surface area contributed by atoms with Gasteiger partial charge in [-0.05, 0) is 24.1 Å². The molecule has 1 aliphatic heterocycles. The van der Waals surface area contributed by atoms with Crippen LogP contribution in [0.4, 0.5) is 0 Å². The third-order valence-corrected chi connectivity index (χ3v) is 6.38. The van der Waals surface area contributed by atoms with Gasteiger partial charge in [0, 0.05) is 45.8 Å². The van der Waals surface area contributed by atoms with Crippen LogP contribution >= 0.6 is 24.0 Å². The van der Waals surface area contributed by atoms with Crippen LogP contribution in [0.5, 0.6) is 0 Å². The van der Waals surface area contributed by atoms with Gasteiger partial charge in [-0.3, -0.25) is 9.67 Å². The molecule has 2 heterocycles. The first-order chi connectivity index (χ1) is 12.5. The number of guanidine groups is 1. The van der Waals surface area contributed by atoms with Gasteiger partial charge in [0.2, 0.25) is 0 Å². The summed E-state index contributed by atoms with van der Waals surface area (Å²) in [6.07, 6.45) is 5.00. The summed E-state index contributed by atoms with van der Waals surface area (Å²) >= 11 is 0. The summed E-state index contributed by atoms with van der Waals surface area (Å²) in [4.78, 5) is 6.84. The van der Waals surface area contributed by atoms with Crippen molar-refractivity contribution in [2.45, 2.75) is 17.2 Å². The van der Waals surface area contributed by atoms with Crippen LogP contribution in [0.3, 0.4) is 0 Å². The summed E-state index contributed by atoms with van der Waals surface area (Å²) < 4.78 is 26.5. The van der Waals surface area contributed by atoms with E-state index in [9.17, 15) is 8.42 Å². The lowest BCUT2D eigenvalue weighted by atomic mass is 10.0. The summed E-state index contributed by atoms with van der Waals surface area (Å²) in [6, 6.07) is 8.54. The third-order valence-electron chi connectivity index (χ3n) is 4.65. The summed E-state index contributed by atoms with van der Waals surface area (Å²) in [7, 11) is 0.362. The zero-order chi connectivity index (χ0) is 18.6. The Hall–Kier alpha value is -1.62. The lowest BCUT2D eigenvalue weighted by molar-refractivity contribution is 0.488. The second-order valence-corrected chi connectivity index (χ2v) is 8.59. The number of hydrogen-bond donors (Lipinski definition) is 1. The molecule has 1 aliphatic rings. The Morgan fingerprint density at radius 3 is 2.70 bits per heavy atom. The number of aryl methyl sites for hydroxylation is 1.